The lowest BCUT2D eigenvalue weighted by Gasteiger charge is -1.94. The Labute approximate surface area is 104 Å². The highest BCUT2D eigenvalue weighted by atomic mass is 79.9. The molecule has 1 aromatic carbocycles. The topological polar surface area (TPSA) is 38.9 Å². The summed E-state index contributed by atoms with van der Waals surface area (Å²) in [5, 5.41) is 0. The highest BCUT2D eigenvalue weighted by molar-refractivity contribution is 9.10. The van der Waals surface area contributed by atoms with E-state index in [4.69, 9.17) is 4.42 Å². The van der Waals surface area contributed by atoms with Crippen molar-refractivity contribution in [2.75, 3.05) is 0 Å². The standard InChI is InChI=1S/C12H6BrFN2O/c13-8-3-1-2-7(4-8)11-16-10-5-9(14)6-15-12(10)17-11/h1-6H. The Morgan fingerprint density at radius 2 is 2.12 bits per heavy atom. The van der Waals surface area contributed by atoms with Crippen LogP contribution >= 0.6 is 15.9 Å². The number of aromatic nitrogens is 2. The number of fused-ring (bicyclic) bond motifs is 1. The third-order valence-electron chi connectivity index (χ3n) is 2.29. The maximum atomic E-state index is 13.0. The van der Waals surface area contributed by atoms with Gasteiger partial charge in [-0.05, 0) is 18.2 Å². The molecule has 84 valence electrons. The normalized spacial score (nSPS) is 10.9. The summed E-state index contributed by atoms with van der Waals surface area (Å²) >= 11 is 3.37. The van der Waals surface area contributed by atoms with E-state index in [1.807, 2.05) is 24.3 Å². The van der Waals surface area contributed by atoms with E-state index in [2.05, 4.69) is 25.9 Å². The molecule has 0 amide bonds. The van der Waals surface area contributed by atoms with Gasteiger partial charge in [0.25, 0.3) is 0 Å². The van der Waals surface area contributed by atoms with Crippen molar-refractivity contribution in [1.29, 1.82) is 0 Å². The van der Waals surface area contributed by atoms with Crippen LogP contribution in [-0.4, -0.2) is 9.97 Å². The minimum Gasteiger partial charge on any atom is -0.418 e. The minimum atomic E-state index is -0.424. The molecule has 3 aromatic rings. The smallest absolute Gasteiger partial charge is 0.247 e. The molecule has 0 aliphatic carbocycles. The average Bonchev–Trinajstić information content (AvgIpc) is 2.72. The van der Waals surface area contributed by atoms with Gasteiger partial charge in [0.15, 0.2) is 0 Å². The summed E-state index contributed by atoms with van der Waals surface area (Å²) in [6, 6.07) is 8.83. The Balaban J connectivity index is 2.18. The number of halogens is 2. The van der Waals surface area contributed by atoms with Gasteiger partial charge >= 0.3 is 0 Å². The Morgan fingerprint density at radius 3 is 2.94 bits per heavy atom. The van der Waals surface area contributed by atoms with Crippen LogP contribution in [0.2, 0.25) is 0 Å². The molecular weight excluding hydrogens is 287 g/mol. The van der Waals surface area contributed by atoms with Crippen LogP contribution in [-0.2, 0) is 0 Å². The summed E-state index contributed by atoms with van der Waals surface area (Å²) in [6.45, 7) is 0. The largest absolute Gasteiger partial charge is 0.418 e. The molecular formula is C12H6BrFN2O. The first-order valence-corrected chi connectivity index (χ1v) is 5.70. The van der Waals surface area contributed by atoms with E-state index in [9.17, 15) is 4.39 Å². The molecule has 0 N–H and O–H groups in total. The predicted molar refractivity (Wildman–Crippen MR) is 64.9 cm³/mol. The molecule has 0 bridgehead atoms. The van der Waals surface area contributed by atoms with Crippen molar-refractivity contribution in [3.05, 3.63) is 46.8 Å². The van der Waals surface area contributed by atoms with Crippen LogP contribution in [0.4, 0.5) is 4.39 Å². The Bertz CT molecular complexity index is 696. The molecule has 0 radical (unpaired) electrons. The molecule has 0 fully saturated rings. The van der Waals surface area contributed by atoms with Gasteiger partial charge in [-0.25, -0.2) is 14.4 Å². The first-order chi connectivity index (χ1) is 8.22. The second-order valence-corrected chi connectivity index (χ2v) is 4.42. The van der Waals surface area contributed by atoms with Gasteiger partial charge in [0.2, 0.25) is 11.6 Å². The number of benzene rings is 1. The van der Waals surface area contributed by atoms with Gasteiger partial charge in [-0.15, -0.1) is 0 Å². The van der Waals surface area contributed by atoms with Crippen LogP contribution in [0.3, 0.4) is 0 Å². The van der Waals surface area contributed by atoms with Gasteiger partial charge < -0.3 is 4.42 Å². The number of nitrogens with zero attached hydrogens (tertiary/aromatic N) is 2. The van der Waals surface area contributed by atoms with Crippen LogP contribution in [0.25, 0.3) is 22.7 Å². The van der Waals surface area contributed by atoms with E-state index in [1.54, 1.807) is 0 Å². The van der Waals surface area contributed by atoms with Crippen molar-refractivity contribution >= 4 is 27.2 Å². The molecule has 0 spiro atoms. The molecule has 0 atom stereocenters. The average molecular weight is 293 g/mol. The Morgan fingerprint density at radius 1 is 1.24 bits per heavy atom. The quantitative estimate of drug-likeness (QED) is 0.685. The number of hydrogen-bond donors (Lipinski definition) is 0. The summed E-state index contributed by atoms with van der Waals surface area (Å²) < 4.78 is 19.3. The number of pyridine rings is 1. The van der Waals surface area contributed by atoms with E-state index in [1.165, 1.54) is 6.07 Å². The van der Waals surface area contributed by atoms with Crippen molar-refractivity contribution in [2.24, 2.45) is 0 Å². The van der Waals surface area contributed by atoms with Crippen LogP contribution in [0.15, 0.2) is 45.4 Å². The number of rotatable bonds is 1. The minimum absolute atomic E-state index is 0.335. The fourth-order valence-electron chi connectivity index (χ4n) is 1.54. The van der Waals surface area contributed by atoms with Crippen molar-refractivity contribution in [3.63, 3.8) is 0 Å². The van der Waals surface area contributed by atoms with E-state index in [0.717, 1.165) is 16.2 Å². The fraction of sp³-hybridized carbons (Fsp3) is 0. The molecule has 2 aromatic heterocycles. The van der Waals surface area contributed by atoms with E-state index < -0.39 is 5.82 Å². The lowest BCUT2D eigenvalue weighted by atomic mass is 10.2. The summed E-state index contributed by atoms with van der Waals surface area (Å²) in [5.74, 6) is 0.00555. The third kappa shape index (κ3) is 1.93. The highest BCUT2D eigenvalue weighted by Gasteiger charge is 2.09. The second kappa shape index (κ2) is 3.92. The van der Waals surface area contributed by atoms with E-state index >= 15 is 0 Å². The second-order valence-electron chi connectivity index (χ2n) is 3.51. The predicted octanol–water partition coefficient (Wildman–Crippen LogP) is 3.79. The van der Waals surface area contributed by atoms with Gasteiger partial charge in [0.05, 0.1) is 6.20 Å². The molecule has 0 aliphatic heterocycles. The molecule has 2 heterocycles. The first-order valence-electron chi connectivity index (χ1n) is 4.90. The van der Waals surface area contributed by atoms with Crippen molar-refractivity contribution < 1.29 is 8.81 Å². The molecule has 3 nitrogen and oxygen atoms in total. The van der Waals surface area contributed by atoms with Gasteiger partial charge in [-0.3, -0.25) is 0 Å². The van der Waals surface area contributed by atoms with Crippen LogP contribution in [0.1, 0.15) is 0 Å². The summed E-state index contributed by atoms with van der Waals surface area (Å²) in [7, 11) is 0. The van der Waals surface area contributed by atoms with Crippen LogP contribution < -0.4 is 0 Å². The molecule has 0 aliphatic rings. The molecule has 0 unspecified atom stereocenters. The Hall–Kier alpha value is -1.75. The fourth-order valence-corrected chi connectivity index (χ4v) is 1.94. The molecule has 17 heavy (non-hydrogen) atoms. The highest BCUT2D eigenvalue weighted by Crippen LogP contribution is 2.25. The maximum Gasteiger partial charge on any atom is 0.247 e. The zero-order chi connectivity index (χ0) is 11.8. The van der Waals surface area contributed by atoms with E-state index in [-0.39, 0.29) is 0 Å². The van der Waals surface area contributed by atoms with Crippen molar-refractivity contribution in [3.8, 4) is 11.5 Å². The first kappa shape index (κ1) is 10.4. The SMILES string of the molecule is Fc1cnc2oc(-c3cccc(Br)c3)nc2c1. The molecule has 3 rings (SSSR count). The monoisotopic (exact) mass is 292 g/mol. The lowest BCUT2D eigenvalue weighted by Crippen LogP contribution is -1.78. The Kier molecular flexibility index (Phi) is 2.40. The van der Waals surface area contributed by atoms with Crippen molar-refractivity contribution in [2.45, 2.75) is 0 Å². The summed E-state index contributed by atoms with van der Waals surface area (Å²) in [6.07, 6.45) is 1.11. The van der Waals surface area contributed by atoms with Gasteiger partial charge in [0, 0.05) is 16.1 Å². The van der Waals surface area contributed by atoms with E-state index in [0.29, 0.717) is 17.1 Å². The van der Waals surface area contributed by atoms with Crippen LogP contribution in [0, 0.1) is 5.82 Å². The number of oxazole rings is 1. The van der Waals surface area contributed by atoms with Crippen LogP contribution in [0.5, 0.6) is 0 Å². The van der Waals surface area contributed by atoms with Gasteiger partial charge in [-0.1, -0.05) is 22.0 Å². The molecule has 0 saturated heterocycles. The molecule has 5 heteroatoms. The summed E-state index contributed by atoms with van der Waals surface area (Å²) in [4.78, 5) is 8.03. The van der Waals surface area contributed by atoms with Gasteiger partial charge in [0.1, 0.15) is 11.3 Å². The van der Waals surface area contributed by atoms with Gasteiger partial charge in [-0.2, -0.15) is 0 Å². The zero-order valence-corrected chi connectivity index (χ0v) is 10.1. The zero-order valence-electron chi connectivity index (χ0n) is 8.52. The van der Waals surface area contributed by atoms with Crippen molar-refractivity contribution in [1.82, 2.24) is 9.97 Å². The molecule has 0 saturated carbocycles. The lowest BCUT2D eigenvalue weighted by molar-refractivity contribution is 0.597. The summed E-state index contributed by atoms with van der Waals surface area (Å²) in [5.41, 5.74) is 1.57. The third-order valence-corrected chi connectivity index (χ3v) is 2.78. The maximum absolute atomic E-state index is 13.0. The number of hydrogen-bond acceptors (Lipinski definition) is 3.